The number of rotatable bonds is 3. The molecule has 3 atom stereocenters. The summed E-state index contributed by atoms with van der Waals surface area (Å²) in [5, 5.41) is 5.00. The molecule has 0 radical (unpaired) electrons. The fourth-order valence-electron chi connectivity index (χ4n) is 5.84. The predicted octanol–water partition coefficient (Wildman–Crippen LogP) is 6.98. The Morgan fingerprint density at radius 3 is 2.64 bits per heavy atom. The summed E-state index contributed by atoms with van der Waals surface area (Å²) in [5.74, 6) is -0.901. The molecule has 1 N–H and O–H groups in total. The first-order chi connectivity index (χ1) is 18.7. The van der Waals surface area contributed by atoms with Crippen LogP contribution in [-0.2, 0) is 11.0 Å². The third-order valence-electron chi connectivity index (χ3n) is 7.61. The van der Waals surface area contributed by atoms with E-state index in [4.69, 9.17) is 11.6 Å². The van der Waals surface area contributed by atoms with Crippen LogP contribution in [0.15, 0.2) is 73.2 Å². The number of hydrogen-bond acceptors (Lipinski definition) is 4. The normalized spacial score (nSPS) is 21.5. The zero-order valence-electron chi connectivity index (χ0n) is 20.5. The molecule has 198 valence electrons. The molecule has 6 rings (SSSR count). The van der Waals surface area contributed by atoms with E-state index in [0.717, 1.165) is 23.0 Å². The van der Waals surface area contributed by atoms with Gasteiger partial charge in [0.05, 0.1) is 17.8 Å². The lowest BCUT2D eigenvalue weighted by atomic mass is 9.72. The first kappa shape index (κ1) is 25.3. The fraction of sp³-hybridized carbons (Fsp3) is 0.241. The highest BCUT2D eigenvalue weighted by atomic mass is 35.5. The number of carbonyl (C=O) groups excluding carboxylic acids is 2. The lowest BCUT2D eigenvalue weighted by Crippen LogP contribution is -2.61. The quantitative estimate of drug-likeness (QED) is 0.299. The number of imide groups is 1. The molecule has 3 unspecified atom stereocenters. The van der Waals surface area contributed by atoms with E-state index in [1.165, 1.54) is 17.2 Å². The Labute approximate surface area is 226 Å². The fourth-order valence-corrected chi connectivity index (χ4v) is 6.17. The minimum atomic E-state index is -4.58. The van der Waals surface area contributed by atoms with Crippen LogP contribution in [0.3, 0.4) is 0 Å². The van der Waals surface area contributed by atoms with Gasteiger partial charge in [-0.1, -0.05) is 48.0 Å². The van der Waals surface area contributed by atoms with E-state index in [1.54, 1.807) is 24.4 Å². The molecule has 6 nitrogen and oxygen atoms in total. The summed E-state index contributed by atoms with van der Waals surface area (Å²) in [6.07, 6.45) is 1.25. The van der Waals surface area contributed by atoms with Crippen molar-refractivity contribution in [3.63, 3.8) is 0 Å². The molecule has 3 heterocycles. The van der Waals surface area contributed by atoms with Crippen LogP contribution in [0.2, 0.25) is 5.02 Å². The maximum absolute atomic E-state index is 13.6. The number of carbonyl (C=O) groups is 2. The summed E-state index contributed by atoms with van der Waals surface area (Å²) < 4.78 is 40.0. The van der Waals surface area contributed by atoms with Crippen LogP contribution >= 0.6 is 11.6 Å². The Bertz CT molecular complexity index is 1600. The van der Waals surface area contributed by atoms with E-state index < -0.39 is 29.9 Å². The number of benzene rings is 2. The molecule has 1 saturated carbocycles. The standard InChI is InChI=1S/C29H22ClF3N4O2/c30-22-7-3-6-20(16-10-11-35-25(13-16)29(31,32)33)26(22)17-8-9-21-23(12-17)36-28(39)37(27(21)38)24-15-34-14-18-4-1-2-5-19(18)24/h1-7,10-11,13-15,17,21,23H,8-9,12H2,(H,36,39). The molecule has 4 aromatic rings. The smallest absolute Gasteiger partial charge is 0.334 e. The van der Waals surface area contributed by atoms with Crippen LogP contribution in [0, 0.1) is 5.92 Å². The number of nitrogens with zero attached hydrogens (tertiary/aromatic N) is 3. The van der Waals surface area contributed by atoms with E-state index in [9.17, 15) is 22.8 Å². The van der Waals surface area contributed by atoms with Gasteiger partial charge < -0.3 is 5.32 Å². The highest BCUT2D eigenvalue weighted by Gasteiger charge is 2.46. The second-order valence-corrected chi connectivity index (χ2v) is 10.3. The van der Waals surface area contributed by atoms with Gasteiger partial charge in [-0.2, -0.15) is 13.2 Å². The first-order valence-corrected chi connectivity index (χ1v) is 12.9. The molecule has 1 aliphatic carbocycles. The van der Waals surface area contributed by atoms with Crippen LogP contribution in [-0.4, -0.2) is 27.9 Å². The van der Waals surface area contributed by atoms with Gasteiger partial charge in [0.25, 0.3) is 0 Å². The predicted molar refractivity (Wildman–Crippen MR) is 141 cm³/mol. The first-order valence-electron chi connectivity index (χ1n) is 12.5. The topological polar surface area (TPSA) is 75.2 Å². The van der Waals surface area contributed by atoms with Crippen LogP contribution < -0.4 is 10.2 Å². The highest BCUT2D eigenvalue weighted by molar-refractivity contribution is 6.32. The largest absolute Gasteiger partial charge is 0.433 e. The van der Waals surface area contributed by atoms with E-state index in [0.29, 0.717) is 46.7 Å². The lowest BCUT2D eigenvalue weighted by molar-refractivity contribution is -0.141. The van der Waals surface area contributed by atoms with Crippen molar-refractivity contribution in [2.75, 3.05) is 4.90 Å². The van der Waals surface area contributed by atoms with Crippen molar-refractivity contribution in [3.05, 3.63) is 89.5 Å². The van der Waals surface area contributed by atoms with Crippen molar-refractivity contribution < 1.29 is 22.8 Å². The number of pyridine rings is 2. The number of anilines is 1. The maximum Gasteiger partial charge on any atom is 0.433 e. The van der Waals surface area contributed by atoms with Gasteiger partial charge in [-0.15, -0.1) is 0 Å². The number of halogens is 4. The minimum absolute atomic E-state index is 0.170. The van der Waals surface area contributed by atoms with E-state index in [1.807, 2.05) is 24.3 Å². The molecular weight excluding hydrogens is 529 g/mol. The van der Waals surface area contributed by atoms with Gasteiger partial charge in [0.15, 0.2) is 0 Å². The van der Waals surface area contributed by atoms with Crippen LogP contribution in [0.4, 0.5) is 23.7 Å². The molecular formula is C29H22ClF3N4O2. The van der Waals surface area contributed by atoms with Crippen molar-refractivity contribution in [2.45, 2.75) is 37.4 Å². The van der Waals surface area contributed by atoms with Crippen molar-refractivity contribution in [2.24, 2.45) is 5.92 Å². The zero-order chi connectivity index (χ0) is 27.3. The Hall–Kier alpha value is -3.98. The third-order valence-corrected chi connectivity index (χ3v) is 7.94. The van der Waals surface area contributed by atoms with E-state index >= 15 is 0 Å². The summed E-state index contributed by atoms with van der Waals surface area (Å²) >= 11 is 6.63. The van der Waals surface area contributed by atoms with Crippen molar-refractivity contribution in [1.29, 1.82) is 0 Å². The number of hydrogen-bond donors (Lipinski definition) is 1. The second kappa shape index (κ2) is 9.64. The number of urea groups is 1. The third kappa shape index (κ3) is 4.50. The van der Waals surface area contributed by atoms with Crippen molar-refractivity contribution >= 4 is 40.0 Å². The maximum atomic E-state index is 13.6. The Balaban J connectivity index is 1.31. The van der Waals surface area contributed by atoms with Crippen LogP contribution in [0.5, 0.6) is 0 Å². The van der Waals surface area contributed by atoms with Gasteiger partial charge in [-0.05, 0) is 60.1 Å². The summed E-state index contributed by atoms with van der Waals surface area (Å²) in [7, 11) is 0. The van der Waals surface area contributed by atoms with Gasteiger partial charge in [-0.25, -0.2) is 9.69 Å². The highest BCUT2D eigenvalue weighted by Crippen LogP contribution is 2.45. The molecule has 1 saturated heterocycles. The molecule has 3 amide bonds. The van der Waals surface area contributed by atoms with Crippen molar-refractivity contribution in [3.8, 4) is 11.1 Å². The van der Waals surface area contributed by atoms with Gasteiger partial charge in [0, 0.05) is 34.2 Å². The summed E-state index contributed by atoms with van der Waals surface area (Å²) in [6.45, 7) is 0. The summed E-state index contributed by atoms with van der Waals surface area (Å²) in [5.41, 5.74) is 1.09. The molecule has 2 aromatic carbocycles. The number of alkyl halides is 3. The number of aromatic nitrogens is 2. The molecule has 1 aliphatic heterocycles. The number of fused-ring (bicyclic) bond motifs is 2. The Morgan fingerprint density at radius 2 is 1.82 bits per heavy atom. The van der Waals surface area contributed by atoms with Gasteiger partial charge >= 0.3 is 12.2 Å². The monoisotopic (exact) mass is 550 g/mol. The second-order valence-electron chi connectivity index (χ2n) is 9.85. The summed E-state index contributed by atoms with van der Waals surface area (Å²) in [6, 6.07) is 14.1. The average molecular weight is 551 g/mol. The average Bonchev–Trinajstić information content (AvgIpc) is 2.92. The Kier molecular flexibility index (Phi) is 6.26. The van der Waals surface area contributed by atoms with E-state index in [2.05, 4.69) is 15.3 Å². The van der Waals surface area contributed by atoms with Gasteiger partial charge in [0.2, 0.25) is 5.91 Å². The zero-order valence-corrected chi connectivity index (χ0v) is 21.2. The SMILES string of the molecule is O=C1NC2CC(c3c(Cl)cccc3-c3ccnc(C(F)(F)F)c3)CCC2C(=O)N1c1cncc2ccccc12. The number of amides is 3. The van der Waals surface area contributed by atoms with E-state index in [-0.39, 0.29) is 11.8 Å². The van der Waals surface area contributed by atoms with Gasteiger partial charge in [0.1, 0.15) is 5.69 Å². The lowest BCUT2D eigenvalue weighted by Gasteiger charge is -2.43. The number of nitrogens with one attached hydrogen (secondary N) is 1. The minimum Gasteiger partial charge on any atom is -0.334 e. The molecule has 10 heteroatoms. The Morgan fingerprint density at radius 1 is 1.00 bits per heavy atom. The van der Waals surface area contributed by atoms with Gasteiger partial charge in [-0.3, -0.25) is 14.8 Å². The van der Waals surface area contributed by atoms with Crippen LogP contribution in [0.25, 0.3) is 21.9 Å². The molecule has 39 heavy (non-hydrogen) atoms. The molecule has 0 bridgehead atoms. The molecule has 0 spiro atoms. The molecule has 2 aromatic heterocycles. The van der Waals surface area contributed by atoms with Crippen LogP contribution in [0.1, 0.15) is 36.4 Å². The summed E-state index contributed by atoms with van der Waals surface area (Å²) in [4.78, 5) is 35.8. The van der Waals surface area contributed by atoms with Crippen molar-refractivity contribution in [1.82, 2.24) is 15.3 Å². The molecule has 2 fully saturated rings. The molecule has 2 aliphatic rings.